The molecule has 0 bridgehead atoms. The van der Waals surface area contributed by atoms with E-state index >= 15 is 0 Å². The van der Waals surface area contributed by atoms with Crippen LogP contribution in [0.5, 0.6) is 0 Å². The van der Waals surface area contributed by atoms with Crippen LogP contribution in [-0.4, -0.2) is 128 Å². The number of hydrogen-bond acceptors (Lipinski definition) is 13. The van der Waals surface area contributed by atoms with Crippen LogP contribution in [-0.2, 0) is 42.8 Å². The molecule has 0 radical (unpaired) electrons. The standard InChI is InChI=1S/C18H25N3O4.C15H18N2O7S.C4H11N/c1-18(2,3)19-10-15-11-21(17(23)25-15)14-6-4-13(5-7-14)20-8-9-24-12-16(20)22;1-25(20,21)23-9-13-8-17(15(19)24-13)12-4-2-11(3-5-12)16-6-7-22-10-14(16)18;1-4(2,3)5/h4-7,15,19H,8-12H2,1-3H3;2-5,13H,6-10H2,1H3;5H2,1-3H3/t15-;13-;/m01./s1. The maximum Gasteiger partial charge on any atom is 0.414 e. The summed E-state index contributed by atoms with van der Waals surface area (Å²) in [6.07, 6.45) is -0.809. The summed E-state index contributed by atoms with van der Waals surface area (Å²) in [5.74, 6) is -0.162. The molecular weight excluding hydrogens is 737 g/mol. The number of carbonyl (C=O) groups excluding carboxylic acids is 4. The third-order valence-corrected chi connectivity index (χ3v) is 8.56. The highest BCUT2D eigenvalue weighted by Gasteiger charge is 2.34. The zero-order valence-corrected chi connectivity index (χ0v) is 33.4. The first kappa shape index (κ1) is 43.4. The summed E-state index contributed by atoms with van der Waals surface area (Å²) < 4.78 is 47.5. The normalized spacial score (nSPS) is 20.7. The maximum atomic E-state index is 12.1. The predicted octanol–water partition coefficient (Wildman–Crippen LogP) is 2.86. The van der Waals surface area contributed by atoms with Gasteiger partial charge in [0, 0.05) is 53.5 Å². The predicted molar refractivity (Wildman–Crippen MR) is 207 cm³/mol. The fourth-order valence-electron chi connectivity index (χ4n) is 5.48. The molecule has 0 aromatic heterocycles. The number of nitrogens with two attached hydrogens (primary N) is 1. The molecule has 2 atom stereocenters. The van der Waals surface area contributed by atoms with Crippen LogP contribution in [0.4, 0.5) is 32.3 Å². The first-order valence-corrected chi connectivity index (χ1v) is 19.8. The molecule has 17 nitrogen and oxygen atoms in total. The molecule has 4 aliphatic rings. The molecule has 304 valence electrons. The van der Waals surface area contributed by atoms with E-state index in [0.717, 1.165) is 23.3 Å². The van der Waals surface area contributed by atoms with Gasteiger partial charge in [-0.2, -0.15) is 8.42 Å². The average molecular weight is 791 g/mol. The molecule has 3 N–H and O–H groups in total. The molecule has 0 spiro atoms. The smallest absolute Gasteiger partial charge is 0.414 e. The molecular formula is C37H54N6O11S. The van der Waals surface area contributed by atoms with Crippen molar-refractivity contribution in [1.29, 1.82) is 0 Å². The zero-order chi connectivity index (χ0) is 40.6. The number of morpholine rings is 2. The van der Waals surface area contributed by atoms with Crippen molar-refractivity contribution in [2.45, 2.75) is 64.8 Å². The number of ether oxygens (including phenoxy) is 4. The first-order valence-electron chi connectivity index (χ1n) is 18.0. The molecule has 4 amide bonds. The minimum atomic E-state index is -3.59. The number of amides is 4. The second-order valence-corrected chi connectivity index (χ2v) is 17.1. The third-order valence-electron chi connectivity index (χ3n) is 7.99. The molecule has 4 saturated heterocycles. The number of benzene rings is 2. The Labute approximate surface area is 323 Å². The second-order valence-electron chi connectivity index (χ2n) is 15.4. The summed E-state index contributed by atoms with van der Waals surface area (Å²) in [4.78, 5) is 54.2. The molecule has 0 unspecified atom stereocenters. The van der Waals surface area contributed by atoms with Crippen LogP contribution in [0.25, 0.3) is 0 Å². The Balaban J connectivity index is 0.000000218. The maximum absolute atomic E-state index is 12.1. The van der Waals surface area contributed by atoms with Crippen molar-refractivity contribution < 1.29 is 50.7 Å². The minimum absolute atomic E-state index is 0. The SMILES string of the molecule is CC(C)(C)N.CC(C)(C)NC[C@H]1CN(c2ccc(N3CCOCC3=O)cc2)C(=O)O1.CS(=O)(=O)OC[C@H]1CN(c2ccc(N3CCOCC3=O)cc2)C(=O)O1. The van der Waals surface area contributed by atoms with Gasteiger partial charge in [-0.05, 0) is 90.1 Å². The zero-order valence-electron chi connectivity index (χ0n) is 32.6. The lowest BCUT2D eigenvalue weighted by atomic mass is 10.1. The van der Waals surface area contributed by atoms with Gasteiger partial charge in [-0.15, -0.1) is 0 Å². The summed E-state index contributed by atoms with van der Waals surface area (Å²) in [7, 11) is -3.59. The lowest BCUT2D eigenvalue weighted by Crippen LogP contribution is -2.42. The van der Waals surface area contributed by atoms with E-state index in [2.05, 4.69) is 30.3 Å². The number of anilines is 4. The molecule has 4 fully saturated rings. The molecule has 18 heteroatoms. The Morgan fingerprint density at radius 1 is 0.691 bits per heavy atom. The first-order chi connectivity index (χ1) is 25.7. The molecule has 0 saturated carbocycles. The molecule has 2 aromatic rings. The Morgan fingerprint density at radius 3 is 1.42 bits per heavy atom. The molecule has 4 aliphatic heterocycles. The van der Waals surface area contributed by atoms with E-state index in [1.807, 2.05) is 45.0 Å². The lowest BCUT2D eigenvalue weighted by Gasteiger charge is -2.27. The Kier molecular flexibility index (Phi) is 14.6. The van der Waals surface area contributed by atoms with Crippen LogP contribution in [0.15, 0.2) is 48.5 Å². The van der Waals surface area contributed by atoms with Crippen molar-refractivity contribution >= 4 is 56.9 Å². The fraction of sp³-hybridized carbons (Fsp3) is 0.568. The molecule has 4 heterocycles. The van der Waals surface area contributed by atoms with E-state index in [4.69, 9.17) is 24.7 Å². The van der Waals surface area contributed by atoms with Crippen molar-refractivity contribution in [3.05, 3.63) is 48.5 Å². The number of hydrogen-bond donors (Lipinski definition) is 2. The van der Waals surface area contributed by atoms with Crippen LogP contribution in [0, 0.1) is 0 Å². The van der Waals surface area contributed by atoms with Gasteiger partial charge in [-0.3, -0.25) is 23.6 Å². The fourth-order valence-corrected chi connectivity index (χ4v) is 5.88. The number of nitrogens with zero attached hydrogens (tertiary/aromatic N) is 4. The topological polar surface area (TPSA) is 200 Å². The van der Waals surface area contributed by atoms with Gasteiger partial charge >= 0.3 is 12.2 Å². The summed E-state index contributed by atoms with van der Waals surface area (Å²) >= 11 is 0. The Hall–Kier alpha value is -4.33. The Morgan fingerprint density at radius 2 is 1.05 bits per heavy atom. The second kappa shape index (κ2) is 18.5. The summed E-state index contributed by atoms with van der Waals surface area (Å²) in [6, 6.07) is 14.3. The molecule has 0 aliphatic carbocycles. The van der Waals surface area contributed by atoms with Crippen molar-refractivity contribution in [3.8, 4) is 0 Å². The van der Waals surface area contributed by atoms with Gasteiger partial charge in [0.2, 0.25) is 0 Å². The van der Waals surface area contributed by atoms with E-state index in [9.17, 15) is 27.6 Å². The van der Waals surface area contributed by atoms with Crippen molar-refractivity contribution in [3.63, 3.8) is 0 Å². The van der Waals surface area contributed by atoms with Crippen LogP contribution < -0.4 is 30.7 Å². The summed E-state index contributed by atoms with van der Waals surface area (Å²) in [6.45, 7) is 15.4. The van der Waals surface area contributed by atoms with Gasteiger partial charge in [-0.25, -0.2) is 9.59 Å². The van der Waals surface area contributed by atoms with Crippen LogP contribution in [0.1, 0.15) is 41.5 Å². The van der Waals surface area contributed by atoms with Crippen LogP contribution in [0.2, 0.25) is 0 Å². The van der Waals surface area contributed by atoms with Gasteiger partial charge in [0.15, 0.2) is 0 Å². The number of rotatable bonds is 9. The van der Waals surface area contributed by atoms with E-state index in [0.29, 0.717) is 45.1 Å². The van der Waals surface area contributed by atoms with E-state index in [1.165, 1.54) is 4.90 Å². The number of nitrogens with one attached hydrogen (secondary N) is 1. The minimum Gasteiger partial charge on any atom is -0.443 e. The lowest BCUT2D eigenvalue weighted by molar-refractivity contribution is -0.126. The summed E-state index contributed by atoms with van der Waals surface area (Å²) in [5.41, 5.74) is 8.24. The highest BCUT2D eigenvalue weighted by Crippen LogP contribution is 2.27. The number of carbonyl (C=O) groups is 4. The Bertz CT molecular complexity index is 1740. The number of cyclic esters (lactones) is 2. The van der Waals surface area contributed by atoms with E-state index in [1.54, 1.807) is 39.0 Å². The largest absolute Gasteiger partial charge is 0.443 e. The average Bonchev–Trinajstić information content (AvgIpc) is 3.67. The summed E-state index contributed by atoms with van der Waals surface area (Å²) in [5, 5.41) is 3.35. The van der Waals surface area contributed by atoms with Gasteiger partial charge in [0.25, 0.3) is 21.9 Å². The van der Waals surface area contributed by atoms with E-state index < -0.39 is 22.3 Å². The van der Waals surface area contributed by atoms with Crippen LogP contribution >= 0.6 is 0 Å². The van der Waals surface area contributed by atoms with Crippen LogP contribution in [0.3, 0.4) is 0 Å². The van der Waals surface area contributed by atoms with E-state index in [-0.39, 0.29) is 61.5 Å². The van der Waals surface area contributed by atoms with Gasteiger partial charge in [0.1, 0.15) is 32.0 Å². The van der Waals surface area contributed by atoms with Gasteiger partial charge in [0.05, 0.1) is 32.6 Å². The molecule has 2 aromatic carbocycles. The third kappa shape index (κ3) is 14.0. The van der Waals surface area contributed by atoms with Gasteiger partial charge in [-0.1, -0.05) is 0 Å². The quantitative estimate of drug-likeness (QED) is 0.352. The molecule has 6 rings (SSSR count). The molecule has 55 heavy (non-hydrogen) atoms. The van der Waals surface area contributed by atoms with Crippen molar-refractivity contribution in [2.24, 2.45) is 5.73 Å². The highest BCUT2D eigenvalue weighted by atomic mass is 32.2. The van der Waals surface area contributed by atoms with Crippen molar-refractivity contribution in [2.75, 3.05) is 91.6 Å². The van der Waals surface area contributed by atoms with Gasteiger partial charge < -0.3 is 39.8 Å². The monoisotopic (exact) mass is 790 g/mol. The van der Waals surface area contributed by atoms with Crippen molar-refractivity contribution in [1.82, 2.24) is 5.32 Å². The highest BCUT2D eigenvalue weighted by molar-refractivity contribution is 7.85.